The normalized spacial score (nSPS) is 10.8. The summed E-state index contributed by atoms with van der Waals surface area (Å²) in [6, 6.07) is 6.52. The van der Waals surface area contributed by atoms with Gasteiger partial charge in [0.05, 0.1) is 5.75 Å². The SMILES string of the molecule is CCc1cnc(SCC(=O)O)n1CCc1cccc(F)c1. The van der Waals surface area contributed by atoms with Gasteiger partial charge in [-0.05, 0) is 30.5 Å². The predicted octanol–water partition coefficient (Wildman–Crippen LogP) is 3.00. The number of nitrogens with zero attached hydrogens (tertiary/aromatic N) is 2. The lowest BCUT2D eigenvalue weighted by Gasteiger charge is -2.10. The Labute approximate surface area is 127 Å². The molecule has 2 aromatic rings. The first kappa shape index (κ1) is 15.6. The molecule has 0 radical (unpaired) electrons. The zero-order chi connectivity index (χ0) is 15.2. The molecule has 0 amide bonds. The Hall–Kier alpha value is -1.82. The Morgan fingerprint density at radius 3 is 2.95 bits per heavy atom. The summed E-state index contributed by atoms with van der Waals surface area (Å²) < 4.78 is 15.2. The van der Waals surface area contributed by atoms with Crippen molar-refractivity contribution in [3.63, 3.8) is 0 Å². The molecule has 0 fully saturated rings. The highest BCUT2D eigenvalue weighted by atomic mass is 32.2. The number of aromatic nitrogens is 2. The molecular weight excluding hydrogens is 291 g/mol. The average molecular weight is 308 g/mol. The number of imidazole rings is 1. The van der Waals surface area contributed by atoms with E-state index in [9.17, 15) is 9.18 Å². The minimum atomic E-state index is -0.863. The third kappa shape index (κ3) is 4.32. The standard InChI is InChI=1S/C15H17FN2O2S/c1-2-13-9-17-15(21-10-14(19)20)18(13)7-6-11-4-3-5-12(16)8-11/h3-5,8-9H,2,6-7,10H2,1H3,(H,19,20). The zero-order valence-electron chi connectivity index (χ0n) is 11.8. The molecule has 0 aliphatic heterocycles. The summed E-state index contributed by atoms with van der Waals surface area (Å²) in [5, 5.41) is 9.47. The first-order chi connectivity index (χ1) is 10.1. The van der Waals surface area contributed by atoms with Gasteiger partial charge in [0.15, 0.2) is 5.16 Å². The van der Waals surface area contributed by atoms with Crippen molar-refractivity contribution in [2.24, 2.45) is 0 Å². The predicted molar refractivity (Wildman–Crippen MR) is 80.1 cm³/mol. The molecule has 0 unspecified atom stereocenters. The van der Waals surface area contributed by atoms with Gasteiger partial charge >= 0.3 is 5.97 Å². The molecule has 2 rings (SSSR count). The minimum absolute atomic E-state index is 0.0138. The molecule has 0 atom stereocenters. The van der Waals surface area contributed by atoms with E-state index < -0.39 is 5.97 Å². The number of hydrogen-bond donors (Lipinski definition) is 1. The van der Waals surface area contributed by atoms with Gasteiger partial charge in [-0.15, -0.1) is 0 Å². The highest BCUT2D eigenvalue weighted by Gasteiger charge is 2.11. The molecule has 1 aromatic carbocycles. The second kappa shape index (κ2) is 7.26. The van der Waals surface area contributed by atoms with Gasteiger partial charge in [-0.25, -0.2) is 9.37 Å². The van der Waals surface area contributed by atoms with E-state index in [0.717, 1.165) is 17.7 Å². The van der Waals surface area contributed by atoms with Crippen molar-refractivity contribution in [3.05, 3.63) is 47.5 Å². The number of thioether (sulfide) groups is 1. The van der Waals surface area contributed by atoms with Crippen LogP contribution in [-0.2, 0) is 24.2 Å². The van der Waals surface area contributed by atoms with Crippen molar-refractivity contribution >= 4 is 17.7 Å². The number of hydrogen-bond acceptors (Lipinski definition) is 3. The van der Waals surface area contributed by atoms with E-state index in [-0.39, 0.29) is 11.6 Å². The van der Waals surface area contributed by atoms with Crippen molar-refractivity contribution in [2.75, 3.05) is 5.75 Å². The lowest BCUT2D eigenvalue weighted by Crippen LogP contribution is -2.08. The maximum Gasteiger partial charge on any atom is 0.313 e. The average Bonchev–Trinajstić information content (AvgIpc) is 2.85. The maximum absolute atomic E-state index is 13.2. The number of carboxylic acid groups (broad SMARTS) is 1. The highest BCUT2D eigenvalue weighted by molar-refractivity contribution is 7.99. The number of halogens is 1. The fourth-order valence-electron chi connectivity index (χ4n) is 2.09. The summed E-state index contributed by atoms with van der Waals surface area (Å²) in [6.45, 7) is 2.69. The summed E-state index contributed by atoms with van der Waals surface area (Å²) in [5.41, 5.74) is 1.97. The van der Waals surface area contributed by atoms with Crippen LogP contribution in [0.3, 0.4) is 0 Å². The van der Waals surface area contributed by atoms with Gasteiger partial charge in [0.1, 0.15) is 5.82 Å². The number of benzene rings is 1. The van der Waals surface area contributed by atoms with Crippen LogP contribution in [-0.4, -0.2) is 26.4 Å². The quantitative estimate of drug-likeness (QED) is 0.799. The van der Waals surface area contributed by atoms with Crippen molar-refractivity contribution in [1.82, 2.24) is 9.55 Å². The molecule has 0 bridgehead atoms. The highest BCUT2D eigenvalue weighted by Crippen LogP contribution is 2.20. The molecule has 6 heteroatoms. The van der Waals surface area contributed by atoms with Crippen LogP contribution in [0.15, 0.2) is 35.6 Å². The molecule has 1 aromatic heterocycles. The van der Waals surface area contributed by atoms with Crippen LogP contribution in [0.5, 0.6) is 0 Å². The van der Waals surface area contributed by atoms with Gasteiger partial charge in [-0.3, -0.25) is 4.79 Å². The fraction of sp³-hybridized carbons (Fsp3) is 0.333. The largest absolute Gasteiger partial charge is 0.481 e. The van der Waals surface area contributed by atoms with E-state index >= 15 is 0 Å². The van der Waals surface area contributed by atoms with Crippen LogP contribution in [0.2, 0.25) is 0 Å². The van der Waals surface area contributed by atoms with E-state index in [0.29, 0.717) is 18.1 Å². The van der Waals surface area contributed by atoms with E-state index in [4.69, 9.17) is 5.11 Å². The maximum atomic E-state index is 13.2. The molecule has 4 nitrogen and oxygen atoms in total. The Balaban J connectivity index is 2.10. The van der Waals surface area contributed by atoms with Crippen molar-refractivity contribution < 1.29 is 14.3 Å². The Kier molecular flexibility index (Phi) is 5.38. The smallest absolute Gasteiger partial charge is 0.313 e. The molecule has 0 saturated carbocycles. The Morgan fingerprint density at radius 2 is 2.29 bits per heavy atom. The Bertz CT molecular complexity index is 628. The van der Waals surface area contributed by atoms with Crippen LogP contribution in [0.4, 0.5) is 4.39 Å². The van der Waals surface area contributed by atoms with Crippen LogP contribution in [0, 0.1) is 5.82 Å². The summed E-state index contributed by atoms with van der Waals surface area (Å²) in [4.78, 5) is 15.0. The topological polar surface area (TPSA) is 55.1 Å². The van der Waals surface area contributed by atoms with E-state index in [1.807, 2.05) is 17.6 Å². The molecular formula is C15H17FN2O2S. The number of aliphatic carboxylic acids is 1. The van der Waals surface area contributed by atoms with Crippen molar-refractivity contribution in [3.8, 4) is 0 Å². The summed E-state index contributed by atoms with van der Waals surface area (Å²) in [5.74, 6) is -1.12. The van der Waals surface area contributed by atoms with Crippen LogP contribution < -0.4 is 0 Å². The van der Waals surface area contributed by atoms with E-state index in [1.165, 1.54) is 23.9 Å². The summed E-state index contributed by atoms with van der Waals surface area (Å²) in [7, 11) is 0. The molecule has 0 saturated heterocycles. The first-order valence-electron chi connectivity index (χ1n) is 6.73. The van der Waals surface area contributed by atoms with Crippen LogP contribution >= 0.6 is 11.8 Å². The van der Waals surface area contributed by atoms with Crippen molar-refractivity contribution in [1.29, 1.82) is 0 Å². The van der Waals surface area contributed by atoms with E-state index in [1.54, 1.807) is 12.3 Å². The second-order valence-corrected chi connectivity index (χ2v) is 5.54. The van der Waals surface area contributed by atoms with Gasteiger partial charge in [-0.2, -0.15) is 0 Å². The molecule has 0 aliphatic carbocycles. The third-order valence-corrected chi connectivity index (χ3v) is 4.08. The zero-order valence-corrected chi connectivity index (χ0v) is 12.6. The second-order valence-electron chi connectivity index (χ2n) is 4.60. The molecule has 0 spiro atoms. The summed E-state index contributed by atoms with van der Waals surface area (Å²) >= 11 is 1.21. The molecule has 1 N–H and O–H groups in total. The number of rotatable bonds is 7. The number of carboxylic acids is 1. The first-order valence-corrected chi connectivity index (χ1v) is 7.72. The Morgan fingerprint density at radius 1 is 1.48 bits per heavy atom. The van der Waals surface area contributed by atoms with Gasteiger partial charge in [0.2, 0.25) is 0 Å². The van der Waals surface area contributed by atoms with Gasteiger partial charge < -0.3 is 9.67 Å². The third-order valence-electron chi connectivity index (χ3n) is 3.10. The minimum Gasteiger partial charge on any atom is -0.481 e. The van der Waals surface area contributed by atoms with Crippen LogP contribution in [0.25, 0.3) is 0 Å². The molecule has 112 valence electrons. The van der Waals surface area contributed by atoms with Crippen molar-refractivity contribution in [2.45, 2.75) is 31.5 Å². The van der Waals surface area contributed by atoms with Gasteiger partial charge in [0.25, 0.3) is 0 Å². The summed E-state index contributed by atoms with van der Waals surface area (Å²) in [6.07, 6.45) is 3.28. The van der Waals surface area contributed by atoms with Crippen LogP contribution in [0.1, 0.15) is 18.2 Å². The van der Waals surface area contributed by atoms with E-state index in [2.05, 4.69) is 4.98 Å². The number of aryl methyl sites for hydroxylation is 2. The lowest BCUT2D eigenvalue weighted by molar-refractivity contribution is -0.133. The molecule has 0 aliphatic rings. The monoisotopic (exact) mass is 308 g/mol. The molecule has 21 heavy (non-hydrogen) atoms. The lowest BCUT2D eigenvalue weighted by atomic mass is 10.1. The number of carbonyl (C=O) groups is 1. The van der Waals surface area contributed by atoms with Gasteiger partial charge in [0, 0.05) is 18.4 Å². The van der Waals surface area contributed by atoms with Gasteiger partial charge in [-0.1, -0.05) is 30.8 Å². The fourth-order valence-corrected chi connectivity index (χ4v) is 2.83. The molecule has 1 heterocycles.